The summed E-state index contributed by atoms with van der Waals surface area (Å²) in [4.78, 5) is 53.9. The fourth-order valence-corrected chi connectivity index (χ4v) is 9.20. The van der Waals surface area contributed by atoms with Gasteiger partial charge in [-0.3, -0.25) is 19.3 Å². The SMILES string of the molecule is CCc1ccc(/C=C\C(=O)N(Cc2ccc(N3CCN(C(C)=O)CC3)cc2)[C@@H](Cc2ccccc2)C(=O)N2CCN(Cc3ccc(N(C)CCO[Si](C)(C)C(C)(C)C)cc3)CC2)cc1. The Bertz CT molecular complexity index is 2140. The van der Waals surface area contributed by atoms with Gasteiger partial charge in [-0.05, 0) is 82.7 Å². The predicted octanol–water partition coefficient (Wildman–Crippen LogP) is 8.37. The van der Waals surface area contributed by atoms with Crippen molar-refractivity contribution < 1.29 is 18.8 Å². The Morgan fingerprint density at radius 1 is 0.734 bits per heavy atom. The van der Waals surface area contributed by atoms with Crippen LogP contribution in [0.4, 0.5) is 11.4 Å². The van der Waals surface area contributed by atoms with Gasteiger partial charge in [-0.25, -0.2) is 0 Å². The largest absolute Gasteiger partial charge is 0.415 e. The van der Waals surface area contributed by atoms with Gasteiger partial charge in [-0.1, -0.05) is 107 Å². The maximum absolute atomic E-state index is 14.9. The molecular formula is C53H72N6O4Si. The van der Waals surface area contributed by atoms with Crippen molar-refractivity contribution in [1.82, 2.24) is 19.6 Å². The van der Waals surface area contributed by atoms with E-state index in [1.165, 1.54) is 16.8 Å². The molecule has 10 nitrogen and oxygen atoms in total. The van der Waals surface area contributed by atoms with Crippen molar-refractivity contribution in [2.24, 2.45) is 0 Å². The molecule has 0 radical (unpaired) electrons. The van der Waals surface area contributed by atoms with Gasteiger partial charge >= 0.3 is 0 Å². The zero-order valence-corrected chi connectivity index (χ0v) is 40.8. The molecule has 4 aromatic rings. The molecule has 11 heteroatoms. The van der Waals surface area contributed by atoms with E-state index in [2.05, 4.69) is 123 Å². The Morgan fingerprint density at radius 2 is 1.33 bits per heavy atom. The molecule has 0 unspecified atom stereocenters. The third-order valence-corrected chi connectivity index (χ3v) is 18.1. The standard InChI is InChI=1S/C53H72N6O4Si/c1-9-43-15-17-44(18-16-43)23-28-51(61)59(41-47-21-26-49(27-22-47)57-35-33-56(34-36-57)42(2)60)50(39-45-13-11-10-12-14-45)52(62)58-31-29-55(30-32-58)40-46-19-24-48(25-20-46)54(6)37-38-63-64(7,8)53(3,4)5/h10-28,50H,9,29-41H2,1-8H3/b28-23-/t50-/m0/s1. The molecule has 2 aliphatic heterocycles. The Morgan fingerprint density at radius 3 is 1.92 bits per heavy atom. The van der Waals surface area contributed by atoms with Gasteiger partial charge in [0, 0.05) is 110 Å². The van der Waals surface area contributed by atoms with E-state index < -0.39 is 14.4 Å². The molecule has 4 aromatic carbocycles. The summed E-state index contributed by atoms with van der Waals surface area (Å²) in [5, 5.41) is 0.194. The van der Waals surface area contributed by atoms with Crippen LogP contribution in [-0.4, -0.2) is 124 Å². The van der Waals surface area contributed by atoms with Crippen LogP contribution in [-0.2, 0) is 44.7 Å². The van der Waals surface area contributed by atoms with Crippen molar-refractivity contribution in [2.45, 2.75) is 84.7 Å². The van der Waals surface area contributed by atoms with E-state index in [9.17, 15) is 14.4 Å². The van der Waals surface area contributed by atoms with Crippen LogP contribution in [0, 0.1) is 0 Å². The predicted molar refractivity (Wildman–Crippen MR) is 265 cm³/mol. The molecule has 0 bridgehead atoms. The van der Waals surface area contributed by atoms with Gasteiger partial charge in [0.2, 0.25) is 17.7 Å². The molecular weight excluding hydrogens is 813 g/mol. The summed E-state index contributed by atoms with van der Waals surface area (Å²) in [6.45, 7) is 23.4. The van der Waals surface area contributed by atoms with Crippen molar-refractivity contribution >= 4 is 43.5 Å². The van der Waals surface area contributed by atoms with Crippen LogP contribution in [0.1, 0.15) is 62.4 Å². The number of rotatable bonds is 17. The number of benzene rings is 4. The normalized spacial score (nSPS) is 15.7. The summed E-state index contributed by atoms with van der Waals surface area (Å²) in [6.07, 6.45) is 4.84. The molecule has 2 aliphatic rings. The van der Waals surface area contributed by atoms with Gasteiger partial charge < -0.3 is 28.9 Å². The fraction of sp³-hybridized carbons (Fsp3) is 0.453. The summed E-state index contributed by atoms with van der Waals surface area (Å²) in [5.74, 6) is -0.117. The highest BCUT2D eigenvalue weighted by atomic mass is 28.4. The molecule has 0 aliphatic carbocycles. The zero-order valence-electron chi connectivity index (χ0n) is 39.8. The van der Waals surface area contributed by atoms with Crippen LogP contribution in [0.2, 0.25) is 18.1 Å². The first-order valence-electron chi connectivity index (χ1n) is 23.3. The van der Waals surface area contributed by atoms with Gasteiger partial charge in [0.15, 0.2) is 8.32 Å². The lowest BCUT2D eigenvalue weighted by atomic mass is 10.0. The van der Waals surface area contributed by atoms with Crippen LogP contribution in [0.3, 0.4) is 0 Å². The topological polar surface area (TPSA) is 79.9 Å². The molecule has 64 heavy (non-hydrogen) atoms. The minimum absolute atomic E-state index is 0.0255. The second-order valence-electron chi connectivity index (χ2n) is 19.1. The van der Waals surface area contributed by atoms with E-state index >= 15 is 0 Å². The summed E-state index contributed by atoms with van der Waals surface area (Å²) in [7, 11) is 0.339. The molecule has 0 aromatic heterocycles. The number of hydrogen-bond donors (Lipinski definition) is 0. The van der Waals surface area contributed by atoms with Crippen molar-refractivity contribution in [2.75, 3.05) is 82.4 Å². The number of likely N-dealkylation sites (N-methyl/N-ethyl adjacent to an activating group) is 1. The number of hydrogen-bond acceptors (Lipinski definition) is 7. The third kappa shape index (κ3) is 13.2. The van der Waals surface area contributed by atoms with Gasteiger partial charge in [0.25, 0.3) is 0 Å². The first-order chi connectivity index (χ1) is 30.6. The van der Waals surface area contributed by atoms with Crippen molar-refractivity contribution in [3.63, 3.8) is 0 Å². The average molecular weight is 885 g/mol. The molecule has 2 saturated heterocycles. The fourth-order valence-electron chi connectivity index (χ4n) is 8.16. The summed E-state index contributed by atoms with van der Waals surface area (Å²) in [6, 6.07) is 34.7. The number of piperazine rings is 2. The molecule has 342 valence electrons. The summed E-state index contributed by atoms with van der Waals surface area (Å²) < 4.78 is 6.43. The lowest BCUT2D eigenvalue weighted by Crippen LogP contribution is -2.56. The van der Waals surface area contributed by atoms with E-state index in [1.54, 1.807) is 17.9 Å². The first-order valence-corrected chi connectivity index (χ1v) is 26.2. The monoisotopic (exact) mass is 885 g/mol. The van der Waals surface area contributed by atoms with Crippen LogP contribution in [0.25, 0.3) is 6.08 Å². The highest BCUT2D eigenvalue weighted by Crippen LogP contribution is 2.36. The Kier molecular flexibility index (Phi) is 16.7. The Hall–Kier alpha value is -5.23. The lowest BCUT2D eigenvalue weighted by molar-refractivity contribution is -0.145. The zero-order chi connectivity index (χ0) is 45.9. The molecule has 0 N–H and O–H groups in total. The number of aryl methyl sites for hydroxylation is 1. The van der Waals surface area contributed by atoms with Gasteiger partial charge in [-0.2, -0.15) is 0 Å². The maximum atomic E-state index is 14.9. The molecule has 2 heterocycles. The van der Waals surface area contributed by atoms with E-state index in [-0.39, 0.29) is 29.3 Å². The average Bonchev–Trinajstić information content (AvgIpc) is 3.30. The Balaban J connectivity index is 1.15. The maximum Gasteiger partial charge on any atom is 0.247 e. The number of amides is 3. The van der Waals surface area contributed by atoms with Crippen molar-refractivity contribution in [3.05, 3.63) is 137 Å². The van der Waals surface area contributed by atoms with Crippen LogP contribution < -0.4 is 9.80 Å². The number of anilines is 2. The number of carbonyl (C=O) groups excluding carboxylic acids is 3. The number of nitrogens with zero attached hydrogens (tertiary/aromatic N) is 6. The molecule has 1 atom stereocenters. The van der Waals surface area contributed by atoms with Crippen LogP contribution in [0.5, 0.6) is 0 Å². The highest BCUT2D eigenvalue weighted by molar-refractivity contribution is 6.74. The first kappa shape index (κ1) is 48.2. The van der Waals surface area contributed by atoms with Gasteiger partial charge in [-0.15, -0.1) is 0 Å². The molecule has 2 fully saturated rings. The van der Waals surface area contributed by atoms with Gasteiger partial charge in [0.1, 0.15) is 6.04 Å². The van der Waals surface area contributed by atoms with Crippen LogP contribution in [0.15, 0.2) is 109 Å². The van der Waals surface area contributed by atoms with Gasteiger partial charge in [0.05, 0.1) is 6.61 Å². The second kappa shape index (κ2) is 22.1. The van der Waals surface area contributed by atoms with E-state index in [4.69, 9.17) is 4.43 Å². The number of carbonyl (C=O) groups is 3. The van der Waals surface area contributed by atoms with E-state index in [0.717, 1.165) is 74.7 Å². The smallest absolute Gasteiger partial charge is 0.247 e. The summed E-state index contributed by atoms with van der Waals surface area (Å²) >= 11 is 0. The quantitative estimate of drug-likeness (QED) is 0.0780. The Labute approximate surface area is 384 Å². The minimum atomic E-state index is -1.79. The molecule has 3 amide bonds. The minimum Gasteiger partial charge on any atom is -0.415 e. The van der Waals surface area contributed by atoms with Crippen LogP contribution >= 0.6 is 0 Å². The van der Waals surface area contributed by atoms with Crippen molar-refractivity contribution in [1.29, 1.82) is 0 Å². The molecule has 6 rings (SSSR count). The van der Waals surface area contributed by atoms with Crippen molar-refractivity contribution in [3.8, 4) is 0 Å². The van der Waals surface area contributed by atoms with E-state index in [1.807, 2.05) is 58.3 Å². The van der Waals surface area contributed by atoms with E-state index in [0.29, 0.717) is 32.6 Å². The molecule has 0 saturated carbocycles. The third-order valence-electron chi connectivity index (χ3n) is 13.6. The lowest BCUT2D eigenvalue weighted by Gasteiger charge is -2.39. The summed E-state index contributed by atoms with van der Waals surface area (Å²) in [5.41, 5.74) is 7.64. The molecule has 0 spiro atoms. The highest BCUT2D eigenvalue weighted by Gasteiger charge is 2.37. The second-order valence-corrected chi connectivity index (χ2v) is 23.9.